The Balaban J connectivity index is 1.11. The summed E-state index contributed by atoms with van der Waals surface area (Å²) in [7, 11) is -0.626. The van der Waals surface area contributed by atoms with E-state index in [0.29, 0.717) is 23.0 Å². The van der Waals surface area contributed by atoms with Crippen LogP contribution < -0.4 is 29.3 Å². The lowest BCUT2D eigenvalue weighted by Crippen LogP contribution is -2.41. The van der Waals surface area contributed by atoms with Gasteiger partial charge in [-0.3, -0.25) is 0 Å². The molecule has 58 heavy (non-hydrogen) atoms. The Morgan fingerprint density at radius 3 is 1.12 bits per heavy atom. The van der Waals surface area contributed by atoms with Crippen LogP contribution in [0, 0.1) is 0 Å². The summed E-state index contributed by atoms with van der Waals surface area (Å²) < 4.78 is 40.9. The van der Waals surface area contributed by atoms with Gasteiger partial charge in [0.05, 0.1) is 22.6 Å². The molecule has 0 aromatic heterocycles. The highest BCUT2D eigenvalue weighted by atomic mass is 16.7. The van der Waals surface area contributed by atoms with Gasteiger partial charge in [-0.05, 0) is 58.0 Å². The largest absolute Gasteiger partial charge is 0.496 e. The van der Waals surface area contributed by atoms with Gasteiger partial charge in [0.15, 0.2) is 23.0 Å². The Labute approximate surface area is 339 Å². The molecular weight excluding hydrogens is 721 g/mol. The summed E-state index contributed by atoms with van der Waals surface area (Å²) in [6.45, 7) is 8.28. The van der Waals surface area contributed by atoms with Crippen LogP contribution in [0.3, 0.4) is 0 Å². The molecule has 0 aliphatic carbocycles. The van der Waals surface area contributed by atoms with Gasteiger partial charge < -0.3 is 33.2 Å². The van der Waals surface area contributed by atoms with E-state index >= 15 is 0 Å². The van der Waals surface area contributed by atoms with E-state index in [2.05, 4.69) is 56.9 Å². The monoisotopic (exact) mass is 763 g/mol. The zero-order valence-corrected chi connectivity index (χ0v) is 32.8. The Morgan fingerprint density at radius 2 is 0.724 bits per heavy atom. The molecule has 286 valence electrons. The van der Waals surface area contributed by atoms with E-state index in [0.717, 1.165) is 44.8 Å². The maximum atomic E-state index is 6.97. The summed E-state index contributed by atoms with van der Waals surface area (Å²) in [5, 5.41) is 0. The van der Waals surface area contributed by atoms with E-state index in [1.807, 2.05) is 158 Å². The van der Waals surface area contributed by atoms with Crippen molar-refractivity contribution in [3.05, 3.63) is 204 Å². The normalized spacial score (nSPS) is 17.6. The summed E-state index contributed by atoms with van der Waals surface area (Å²) in [5.41, 5.74) is 5.88. The van der Waals surface area contributed by atoms with E-state index in [1.165, 1.54) is 0 Å². The predicted octanol–water partition coefficient (Wildman–Crippen LogP) is 10.8. The van der Waals surface area contributed by atoms with Gasteiger partial charge in [-0.15, -0.1) is 0 Å². The number of fused-ring (bicyclic) bond motifs is 2. The highest BCUT2D eigenvalue weighted by molar-refractivity contribution is 6.64. The molecule has 1 saturated heterocycles. The number of hydrogen-bond acceptors (Lipinski definition) is 7. The lowest BCUT2D eigenvalue weighted by molar-refractivity contribution is -0.0461. The lowest BCUT2D eigenvalue weighted by Gasteiger charge is -2.32. The van der Waals surface area contributed by atoms with Crippen molar-refractivity contribution in [1.82, 2.24) is 0 Å². The third kappa shape index (κ3) is 5.82. The number of benzene rings is 7. The quantitative estimate of drug-likeness (QED) is 0.143. The SMILES string of the molecule is CC1(C)OB(c2ccccc2N(c2ccc3c(c2)OC(c2ccccc2)(c2ccccc2)O3)c2ccc3c(c2)OC(c2ccccc2)(c2ccccc2)O3)OC1(C)C. The van der Waals surface area contributed by atoms with Crippen LogP contribution in [0.4, 0.5) is 17.1 Å². The van der Waals surface area contributed by atoms with Crippen LogP contribution in [0.5, 0.6) is 23.0 Å². The molecule has 7 aromatic rings. The maximum Gasteiger partial charge on any atom is 0.496 e. The number of rotatable bonds is 8. The van der Waals surface area contributed by atoms with E-state index in [9.17, 15) is 0 Å². The first-order valence-corrected chi connectivity index (χ1v) is 19.7. The summed E-state index contributed by atoms with van der Waals surface area (Å²) >= 11 is 0. The molecule has 3 aliphatic rings. The molecule has 0 spiro atoms. The molecule has 7 aromatic carbocycles. The molecule has 7 nitrogen and oxygen atoms in total. The minimum atomic E-state index is -1.17. The molecule has 8 heteroatoms. The first kappa shape index (κ1) is 35.9. The van der Waals surface area contributed by atoms with Crippen LogP contribution >= 0.6 is 0 Å². The minimum absolute atomic E-state index is 0.538. The Hall–Kier alpha value is -6.48. The second kappa shape index (κ2) is 13.6. The van der Waals surface area contributed by atoms with Crippen LogP contribution in [0.1, 0.15) is 49.9 Å². The van der Waals surface area contributed by atoms with Crippen molar-refractivity contribution in [1.29, 1.82) is 0 Å². The molecule has 0 saturated carbocycles. The molecule has 1 fully saturated rings. The zero-order valence-electron chi connectivity index (χ0n) is 32.8. The molecular formula is C50H42BNO6. The van der Waals surface area contributed by atoms with Crippen molar-refractivity contribution < 1.29 is 28.3 Å². The van der Waals surface area contributed by atoms with Gasteiger partial charge in [0, 0.05) is 45.5 Å². The van der Waals surface area contributed by atoms with Gasteiger partial charge in [0.1, 0.15) is 0 Å². The van der Waals surface area contributed by atoms with Crippen LogP contribution in [0.2, 0.25) is 0 Å². The molecule has 0 unspecified atom stereocenters. The molecule has 3 aliphatic heterocycles. The molecule has 0 radical (unpaired) electrons. The number of hydrogen-bond donors (Lipinski definition) is 0. The average Bonchev–Trinajstić information content (AvgIpc) is 3.91. The second-order valence-corrected chi connectivity index (χ2v) is 15.9. The smallest absolute Gasteiger partial charge is 0.440 e. The van der Waals surface area contributed by atoms with Gasteiger partial charge >= 0.3 is 18.7 Å². The Morgan fingerprint density at radius 1 is 0.379 bits per heavy atom. The third-order valence-corrected chi connectivity index (χ3v) is 11.7. The first-order valence-electron chi connectivity index (χ1n) is 19.7. The number of nitrogens with zero attached hydrogens (tertiary/aromatic N) is 1. The molecule has 0 N–H and O–H groups in total. The van der Waals surface area contributed by atoms with Crippen LogP contribution in [-0.2, 0) is 20.9 Å². The fourth-order valence-electron chi connectivity index (χ4n) is 7.98. The number of anilines is 3. The predicted molar refractivity (Wildman–Crippen MR) is 227 cm³/mol. The zero-order chi connectivity index (χ0) is 39.5. The van der Waals surface area contributed by atoms with Gasteiger partial charge in [0.2, 0.25) is 0 Å². The second-order valence-electron chi connectivity index (χ2n) is 15.9. The van der Waals surface area contributed by atoms with Crippen molar-refractivity contribution in [3.8, 4) is 23.0 Å². The first-order chi connectivity index (χ1) is 28.2. The molecule has 3 heterocycles. The summed E-state index contributed by atoms with van der Waals surface area (Å²) in [6, 6.07) is 60.6. The van der Waals surface area contributed by atoms with Crippen LogP contribution in [0.15, 0.2) is 182 Å². The van der Waals surface area contributed by atoms with E-state index < -0.39 is 29.9 Å². The maximum absolute atomic E-state index is 6.97. The van der Waals surface area contributed by atoms with E-state index in [1.54, 1.807) is 0 Å². The van der Waals surface area contributed by atoms with Crippen molar-refractivity contribution in [2.75, 3.05) is 4.90 Å². The molecule has 10 rings (SSSR count). The topological polar surface area (TPSA) is 58.6 Å². The molecule has 0 atom stereocenters. The number of ether oxygens (including phenoxy) is 4. The Bertz CT molecular complexity index is 2360. The lowest BCUT2D eigenvalue weighted by atomic mass is 9.77. The van der Waals surface area contributed by atoms with Gasteiger partial charge in [-0.1, -0.05) is 140 Å². The van der Waals surface area contributed by atoms with Crippen LogP contribution in [0.25, 0.3) is 0 Å². The Kier molecular flexibility index (Phi) is 8.41. The summed E-state index contributed by atoms with van der Waals surface area (Å²) in [5.74, 6) is 0.138. The molecule has 0 bridgehead atoms. The highest BCUT2D eigenvalue weighted by Crippen LogP contribution is 2.53. The fourth-order valence-corrected chi connectivity index (χ4v) is 7.98. The van der Waals surface area contributed by atoms with Gasteiger partial charge in [-0.2, -0.15) is 0 Å². The standard InChI is InChI=1S/C50H42BNO6/c1-47(2)48(3,4)58-51(57-47)41-27-17-18-28-42(41)52(39-29-31-43-45(33-39)55-49(53-43,35-19-9-5-10-20-35)36-21-11-6-12-22-36)40-30-32-44-46(34-40)56-50(54-44,37-23-13-7-14-24-37)38-25-15-8-16-26-38/h5-34H,1-4H3. The van der Waals surface area contributed by atoms with E-state index in [4.69, 9.17) is 28.3 Å². The van der Waals surface area contributed by atoms with E-state index in [-0.39, 0.29) is 0 Å². The van der Waals surface area contributed by atoms with Crippen molar-refractivity contribution in [3.63, 3.8) is 0 Å². The summed E-state index contributed by atoms with van der Waals surface area (Å²) in [6.07, 6.45) is 0. The van der Waals surface area contributed by atoms with Gasteiger partial charge in [0.25, 0.3) is 0 Å². The van der Waals surface area contributed by atoms with Gasteiger partial charge in [-0.25, -0.2) is 0 Å². The molecule has 0 amide bonds. The highest BCUT2D eigenvalue weighted by Gasteiger charge is 2.53. The minimum Gasteiger partial charge on any atom is -0.440 e. The number of para-hydroxylation sites is 1. The summed E-state index contributed by atoms with van der Waals surface area (Å²) in [4.78, 5) is 2.18. The van der Waals surface area contributed by atoms with Crippen molar-refractivity contribution in [2.24, 2.45) is 0 Å². The van der Waals surface area contributed by atoms with Crippen molar-refractivity contribution in [2.45, 2.75) is 50.5 Å². The fraction of sp³-hybridized carbons (Fsp3) is 0.160. The third-order valence-electron chi connectivity index (χ3n) is 11.7. The van der Waals surface area contributed by atoms with Crippen molar-refractivity contribution >= 4 is 29.6 Å². The van der Waals surface area contributed by atoms with Crippen LogP contribution in [-0.4, -0.2) is 18.3 Å². The average molecular weight is 764 g/mol.